The highest BCUT2D eigenvalue weighted by Gasteiger charge is 2.11. The van der Waals surface area contributed by atoms with Gasteiger partial charge in [0.1, 0.15) is 0 Å². The summed E-state index contributed by atoms with van der Waals surface area (Å²) in [5, 5.41) is 20.9. The third-order valence-electron chi connectivity index (χ3n) is 2.72. The van der Waals surface area contributed by atoms with Crippen LogP contribution in [0.3, 0.4) is 0 Å². The summed E-state index contributed by atoms with van der Waals surface area (Å²) >= 11 is 0. The quantitative estimate of drug-likeness (QED) is 0.636. The van der Waals surface area contributed by atoms with Crippen LogP contribution in [-0.4, -0.2) is 22.2 Å². The largest absolute Gasteiger partial charge is 0.478 e. The maximum atomic E-state index is 11.1. The molecule has 0 bridgehead atoms. The first-order valence-corrected chi connectivity index (χ1v) is 5.71. The van der Waals surface area contributed by atoms with Gasteiger partial charge in [0.25, 0.3) is 0 Å². The van der Waals surface area contributed by atoms with E-state index in [-0.39, 0.29) is 16.8 Å². The van der Waals surface area contributed by atoms with Gasteiger partial charge in [-0.3, -0.25) is 0 Å². The molecule has 0 radical (unpaired) electrons. The number of nitrogens with two attached hydrogens (primary N) is 1. The van der Waals surface area contributed by atoms with E-state index < -0.39 is 11.9 Å². The van der Waals surface area contributed by atoms with Crippen molar-refractivity contribution >= 4 is 29.0 Å². The van der Waals surface area contributed by atoms with Gasteiger partial charge in [0, 0.05) is 11.4 Å². The highest BCUT2D eigenvalue weighted by molar-refractivity contribution is 5.96. The van der Waals surface area contributed by atoms with Gasteiger partial charge in [-0.15, -0.1) is 0 Å². The topological polar surface area (TPSA) is 113 Å². The van der Waals surface area contributed by atoms with Gasteiger partial charge in [-0.2, -0.15) is 0 Å². The fourth-order valence-electron chi connectivity index (χ4n) is 1.77. The number of anilines is 3. The number of hydrogen-bond acceptors (Lipinski definition) is 4. The number of carboxylic acids is 2. The lowest BCUT2D eigenvalue weighted by Crippen LogP contribution is -2.05. The fourth-order valence-corrected chi connectivity index (χ4v) is 1.77. The average molecular weight is 272 g/mol. The molecule has 0 spiro atoms. The lowest BCUT2D eigenvalue weighted by Gasteiger charge is -2.10. The molecule has 2 aromatic rings. The summed E-state index contributed by atoms with van der Waals surface area (Å²) in [4.78, 5) is 21.9. The molecule has 0 aliphatic rings. The van der Waals surface area contributed by atoms with Crippen LogP contribution < -0.4 is 11.1 Å². The van der Waals surface area contributed by atoms with Gasteiger partial charge in [0.2, 0.25) is 0 Å². The van der Waals surface area contributed by atoms with Gasteiger partial charge in [0.15, 0.2) is 0 Å². The molecular formula is C14H12N2O4. The first-order chi connectivity index (χ1) is 9.49. The molecule has 20 heavy (non-hydrogen) atoms. The number of nitrogens with one attached hydrogen (secondary N) is 1. The van der Waals surface area contributed by atoms with Crippen molar-refractivity contribution < 1.29 is 19.8 Å². The van der Waals surface area contributed by atoms with Gasteiger partial charge in [-0.1, -0.05) is 12.1 Å². The Morgan fingerprint density at radius 1 is 0.950 bits per heavy atom. The van der Waals surface area contributed by atoms with E-state index in [1.165, 1.54) is 24.3 Å². The van der Waals surface area contributed by atoms with Crippen molar-refractivity contribution in [1.29, 1.82) is 0 Å². The minimum Gasteiger partial charge on any atom is -0.478 e. The predicted octanol–water partition coefficient (Wildman–Crippen LogP) is 2.41. The summed E-state index contributed by atoms with van der Waals surface area (Å²) in [5.74, 6) is -2.16. The standard InChI is InChI=1S/C14H12N2O4/c15-11-7-8(5-6-9(11)13(17)18)16-12-4-2-1-3-10(12)14(19)20/h1-7,16H,15H2,(H,17,18)(H,19,20). The summed E-state index contributed by atoms with van der Waals surface area (Å²) < 4.78 is 0. The molecule has 0 aliphatic carbocycles. The minimum absolute atomic E-state index is 0.00192. The van der Waals surface area contributed by atoms with E-state index in [0.29, 0.717) is 11.4 Å². The molecule has 0 aromatic heterocycles. The van der Waals surface area contributed by atoms with Crippen LogP contribution in [-0.2, 0) is 0 Å². The van der Waals surface area contributed by atoms with Crippen LogP contribution in [0.1, 0.15) is 20.7 Å². The Kier molecular flexibility index (Phi) is 3.56. The van der Waals surface area contributed by atoms with Gasteiger partial charge in [-0.25, -0.2) is 9.59 Å². The van der Waals surface area contributed by atoms with Crippen molar-refractivity contribution in [2.24, 2.45) is 0 Å². The van der Waals surface area contributed by atoms with E-state index in [2.05, 4.69) is 5.32 Å². The molecule has 5 N–H and O–H groups in total. The van der Waals surface area contributed by atoms with Crippen molar-refractivity contribution in [3.05, 3.63) is 53.6 Å². The number of hydrogen-bond donors (Lipinski definition) is 4. The summed E-state index contributed by atoms with van der Waals surface area (Å²) in [6.45, 7) is 0. The van der Waals surface area contributed by atoms with Gasteiger partial charge < -0.3 is 21.3 Å². The Morgan fingerprint density at radius 3 is 2.20 bits per heavy atom. The third kappa shape index (κ3) is 2.69. The summed E-state index contributed by atoms with van der Waals surface area (Å²) in [7, 11) is 0. The summed E-state index contributed by atoms with van der Waals surface area (Å²) in [6.07, 6.45) is 0. The Hall–Kier alpha value is -3.02. The van der Waals surface area contributed by atoms with E-state index in [9.17, 15) is 9.59 Å². The molecule has 0 fully saturated rings. The van der Waals surface area contributed by atoms with Gasteiger partial charge in [0.05, 0.1) is 16.8 Å². The van der Waals surface area contributed by atoms with E-state index in [4.69, 9.17) is 15.9 Å². The van der Waals surface area contributed by atoms with Crippen molar-refractivity contribution in [2.45, 2.75) is 0 Å². The second-order valence-electron chi connectivity index (χ2n) is 4.08. The number of carbonyl (C=O) groups is 2. The van der Waals surface area contributed by atoms with Crippen molar-refractivity contribution in [1.82, 2.24) is 0 Å². The maximum absolute atomic E-state index is 11.1. The van der Waals surface area contributed by atoms with Crippen LogP contribution in [0, 0.1) is 0 Å². The van der Waals surface area contributed by atoms with E-state index >= 15 is 0 Å². The number of benzene rings is 2. The zero-order chi connectivity index (χ0) is 14.7. The second kappa shape index (κ2) is 5.31. The highest BCUT2D eigenvalue weighted by Crippen LogP contribution is 2.24. The molecule has 0 amide bonds. The zero-order valence-electron chi connectivity index (χ0n) is 10.3. The first-order valence-electron chi connectivity index (χ1n) is 5.71. The summed E-state index contributed by atoms with van der Waals surface area (Å²) in [6, 6.07) is 10.7. The van der Waals surface area contributed by atoms with Crippen LogP contribution >= 0.6 is 0 Å². The second-order valence-corrected chi connectivity index (χ2v) is 4.08. The molecule has 102 valence electrons. The summed E-state index contributed by atoms with van der Waals surface area (Å²) in [5.41, 5.74) is 6.78. The molecule has 0 saturated heterocycles. The molecule has 0 unspecified atom stereocenters. The van der Waals surface area contributed by atoms with Crippen LogP contribution in [0.25, 0.3) is 0 Å². The van der Waals surface area contributed by atoms with Crippen LogP contribution in [0.15, 0.2) is 42.5 Å². The Morgan fingerprint density at radius 2 is 1.60 bits per heavy atom. The SMILES string of the molecule is Nc1cc(Nc2ccccc2C(=O)O)ccc1C(=O)O. The smallest absolute Gasteiger partial charge is 0.337 e. The molecule has 0 aliphatic heterocycles. The molecule has 6 heteroatoms. The molecule has 2 rings (SSSR count). The number of carboxylic acid groups (broad SMARTS) is 2. The van der Waals surface area contributed by atoms with Gasteiger partial charge >= 0.3 is 11.9 Å². The van der Waals surface area contributed by atoms with Crippen molar-refractivity contribution in [3.63, 3.8) is 0 Å². The normalized spacial score (nSPS) is 10.0. The molecule has 0 heterocycles. The van der Waals surface area contributed by atoms with Gasteiger partial charge in [-0.05, 0) is 30.3 Å². The third-order valence-corrected chi connectivity index (χ3v) is 2.72. The van der Waals surface area contributed by atoms with Crippen LogP contribution in [0.2, 0.25) is 0 Å². The van der Waals surface area contributed by atoms with Crippen LogP contribution in [0.4, 0.5) is 17.1 Å². The monoisotopic (exact) mass is 272 g/mol. The van der Waals surface area contributed by atoms with E-state index in [1.807, 2.05) is 0 Å². The lowest BCUT2D eigenvalue weighted by molar-refractivity contribution is 0.0687. The first kappa shape index (κ1) is 13.4. The van der Waals surface area contributed by atoms with E-state index in [1.54, 1.807) is 18.2 Å². The molecule has 0 atom stereocenters. The molecule has 2 aromatic carbocycles. The van der Waals surface area contributed by atoms with Crippen molar-refractivity contribution in [2.75, 3.05) is 11.1 Å². The van der Waals surface area contributed by atoms with Crippen LogP contribution in [0.5, 0.6) is 0 Å². The average Bonchev–Trinajstić information content (AvgIpc) is 2.38. The fraction of sp³-hybridized carbons (Fsp3) is 0. The molecular weight excluding hydrogens is 260 g/mol. The van der Waals surface area contributed by atoms with E-state index in [0.717, 1.165) is 0 Å². The Balaban J connectivity index is 2.34. The number of para-hydroxylation sites is 1. The zero-order valence-corrected chi connectivity index (χ0v) is 10.3. The number of rotatable bonds is 4. The van der Waals surface area contributed by atoms with Crippen molar-refractivity contribution in [3.8, 4) is 0 Å². The number of aromatic carboxylic acids is 2. The Bertz CT molecular complexity index is 683. The molecule has 0 saturated carbocycles. The maximum Gasteiger partial charge on any atom is 0.337 e. The Labute approximate surface area is 114 Å². The highest BCUT2D eigenvalue weighted by atomic mass is 16.4. The predicted molar refractivity (Wildman–Crippen MR) is 74.5 cm³/mol. The number of nitrogen functional groups attached to an aromatic ring is 1. The molecule has 6 nitrogen and oxygen atoms in total. The lowest BCUT2D eigenvalue weighted by atomic mass is 10.1. The minimum atomic E-state index is -1.11.